The summed E-state index contributed by atoms with van der Waals surface area (Å²) in [5.41, 5.74) is 0.429. The van der Waals surface area contributed by atoms with Crippen LogP contribution in [0.15, 0.2) is 28.7 Å². The molecule has 0 radical (unpaired) electrons. The molecule has 0 bridgehead atoms. The first-order valence-electron chi connectivity index (χ1n) is 5.09. The topological polar surface area (TPSA) is 51.0 Å². The summed E-state index contributed by atoms with van der Waals surface area (Å²) >= 11 is 0. The lowest BCUT2D eigenvalue weighted by atomic mass is 10.3. The molecule has 5 heteroatoms. The zero-order valence-electron chi connectivity index (χ0n) is 8.90. The molecule has 1 aromatic carbocycles. The molecule has 0 aliphatic rings. The summed E-state index contributed by atoms with van der Waals surface area (Å²) in [4.78, 5) is 0. The second-order valence-corrected chi connectivity index (χ2v) is 3.28. The van der Waals surface area contributed by atoms with E-state index >= 15 is 0 Å². The fourth-order valence-electron chi connectivity index (χ4n) is 1.28. The zero-order valence-corrected chi connectivity index (χ0v) is 8.90. The number of halogens is 1. The van der Waals surface area contributed by atoms with Gasteiger partial charge >= 0.3 is 0 Å². The number of hydrogen-bond acceptors (Lipinski definition) is 4. The van der Waals surface area contributed by atoms with Crippen LogP contribution < -0.4 is 5.32 Å². The molecule has 1 N–H and O–H groups in total. The third kappa shape index (κ3) is 2.36. The Morgan fingerprint density at radius 1 is 1.25 bits per heavy atom. The summed E-state index contributed by atoms with van der Waals surface area (Å²) in [5, 5.41) is 10.5. The summed E-state index contributed by atoms with van der Waals surface area (Å²) in [5.74, 6) is 0.753. The van der Waals surface area contributed by atoms with Gasteiger partial charge in [-0.3, -0.25) is 0 Å². The Morgan fingerprint density at radius 3 is 2.69 bits per heavy atom. The number of nitrogens with zero attached hydrogens (tertiary/aromatic N) is 2. The average molecular weight is 221 g/mol. The van der Waals surface area contributed by atoms with E-state index in [0.29, 0.717) is 30.4 Å². The smallest absolute Gasteiger partial charge is 0.235 e. The van der Waals surface area contributed by atoms with Gasteiger partial charge in [-0.05, 0) is 12.1 Å². The quantitative estimate of drug-likeness (QED) is 0.861. The Morgan fingerprint density at radius 2 is 2.00 bits per heavy atom. The van der Waals surface area contributed by atoms with E-state index in [1.165, 1.54) is 6.07 Å². The van der Waals surface area contributed by atoms with Crippen LogP contribution in [0.25, 0.3) is 0 Å². The molecule has 0 spiro atoms. The Balaban J connectivity index is 1.99. The molecule has 84 valence electrons. The van der Waals surface area contributed by atoms with E-state index in [-0.39, 0.29) is 5.82 Å². The second kappa shape index (κ2) is 4.74. The number of anilines is 1. The second-order valence-electron chi connectivity index (χ2n) is 3.28. The van der Waals surface area contributed by atoms with Crippen molar-refractivity contribution in [2.45, 2.75) is 19.9 Å². The Bertz CT molecular complexity index is 470. The maximum absolute atomic E-state index is 13.2. The first kappa shape index (κ1) is 10.6. The van der Waals surface area contributed by atoms with Crippen LogP contribution in [0.1, 0.15) is 18.7 Å². The molecule has 0 amide bonds. The molecule has 1 heterocycles. The van der Waals surface area contributed by atoms with E-state index in [2.05, 4.69) is 15.5 Å². The molecule has 0 saturated carbocycles. The molecular formula is C11H12FN3O. The van der Waals surface area contributed by atoms with Crippen LogP contribution in [0, 0.1) is 5.82 Å². The molecule has 0 atom stereocenters. The van der Waals surface area contributed by atoms with Crippen LogP contribution in [0.4, 0.5) is 10.1 Å². The molecular weight excluding hydrogens is 209 g/mol. The SMILES string of the molecule is CCc1nnc(CNc2ccccc2F)o1. The minimum atomic E-state index is -0.294. The van der Waals surface area contributed by atoms with E-state index in [1.54, 1.807) is 18.2 Å². The lowest BCUT2D eigenvalue weighted by Gasteiger charge is -2.03. The molecule has 1 aromatic heterocycles. The van der Waals surface area contributed by atoms with E-state index in [9.17, 15) is 4.39 Å². The van der Waals surface area contributed by atoms with Gasteiger partial charge < -0.3 is 9.73 Å². The van der Waals surface area contributed by atoms with Crippen molar-refractivity contribution in [2.24, 2.45) is 0 Å². The Labute approximate surface area is 92.5 Å². The third-order valence-electron chi connectivity index (χ3n) is 2.12. The van der Waals surface area contributed by atoms with Crippen molar-refractivity contribution in [3.8, 4) is 0 Å². The normalized spacial score (nSPS) is 10.4. The highest BCUT2D eigenvalue weighted by atomic mass is 19.1. The molecule has 0 unspecified atom stereocenters. The van der Waals surface area contributed by atoms with Gasteiger partial charge in [0.2, 0.25) is 11.8 Å². The van der Waals surface area contributed by atoms with Gasteiger partial charge in [0.25, 0.3) is 0 Å². The lowest BCUT2D eigenvalue weighted by molar-refractivity contribution is 0.460. The van der Waals surface area contributed by atoms with Gasteiger partial charge in [0.1, 0.15) is 5.82 Å². The monoisotopic (exact) mass is 221 g/mol. The molecule has 0 aliphatic heterocycles. The molecule has 2 rings (SSSR count). The van der Waals surface area contributed by atoms with Crippen LogP contribution in [0.2, 0.25) is 0 Å². The highest BCUT2D eigenvalue weighted by Crippen LogP contribution is 2.13. The number of nitrogens with one attached hydrogen (secondary N) is 1. The van der Waals surface area contributed by atoms with Gasteiger partial charge in [-0.15, -0.1) is 10.2 Å². The maximum Gasteiger partial charge on any atom is 0.235 e. The van der Waals surface area contributed by atoms with Crippen molar-refractivity contribution in [1.82, 2.24) is 10.2 Å². The van der Waals surface area contributed by atoms with E-state index in [0.717, 1.165) is 0 Å². The minimum absolute atomic E-state index is 0.294. The van der Waals surface area contributed by atoms with E-state index < -0.39 is 0 Å². The molecule has 0 fully saturated rings. The van der Waals surface area contributed by atoms with Crippen molar-refractivity contribution in [2.75, 3.05) is 5.32 Å². The summed E-state index contributed by atoms with van der Waals surface area (Å²) in [7, 11) is 0. The summed E-state index contributed by atoms with van der Waals surface area (Å²) in [6, 6.07) is 6.46. The predicted molar refractivity (Wildman–Crippen MR) is 57.4 cm³/mol. The predicted octanol–water partition coefficient (Wildman–Crippen LogP) is 2.38. The molecule has 4 nitrogen and oxygen atoms in total. The van der Waals surface area contributed by atoms with Crippen LogP contribution in [0.5, 0.6) is 0 Å². The van der Waals surface area contributed by atoms with E-state index in [4.69, 9.17) is 4.42 Å². The van der Waals surface area contributed by atoms with E-state index in [1.807, 2.05) is 6.92 Å². The van der Waals surface area contributed by atoms with Crippen molar-refractivity contribution < 1.29 is 8.81 Å². The number of rotatable bonds is 4. The van der Waals surface area contributed by atoms with Gasteiger partial charge in [0.15, 0.2) is 0 Å². The van der Waals surface area contributed by atoms with Gasteiger partial charge in [-0.2, -0.15) is 0 Å². The molecule has 0 aliphatic carbocycles. The van der Waals surface area contributed by atoms with Gasteiger partial charge in [-0.25, -0.2) is 4.39 Å². The van der Waals surface area contributed by atoms with Crippen molar-refractivity contribution in [3.05, 3.63) is 41.9 Å². The number of aromatic nitrogens is 2. The number of aryl methyl sites for hydroxylation is 1. The number of hydrogen-bond donors (Lipinski definition) is 1. The van der Waals surface area contributed by atoms with Crippen molar-refractivity contribution in [1.29, 1.82) is 0 Å². The minimum Gasteiger partial charge on any atom is -0.423 e. The number of benzene rings is 1. The van der Waals surface area contributed by atoms with Crippen LogP contribution in [-0.2, 0) is 13.0 Å². The standard InChI is InChI=1S/C11H12FN3O/c1-2-10-14-15-11(16-10)7-13-9-6-4-3-5-8(9)12/h3-6,13H,2,7H2,1H3. The van der Waals surface area contributed by atoms with Gasteiger partial charge in [0.05, 0.1) is 12.2 Å². The highest BCUT2D eigenvalue weighted by molar-refractivity contribution is 5.44. The van der Waals surface area contributed by atoms with Crippen molar-refractivity contribution >= 4 is 5.69 Å². The van der Waals surface area contributed by atoms with Crippen molar-refractivity contribution in [3.63, 3.8) is 0 Å². The summed E-state index contributed by atoms with van der Waals surface area (Å²) in [6.45, 7) is 2.26. The third-order valence-corrected chi connectivity index (χ3v) is 2.12. The Hall–Kier alpha value is -1.91. The first-order valence-corrected chi connectivity index (χ1v) is 5.09. The fraction of sp³-hybridized carbons (Fsp3) is 0.273. The summed E-state index contributed by atoms with van der Waals surface area (Å²) < 4.78 is 18.5. The molecule has 16 heavy (non-hydrogen) atoms. The zero-order chi connectivity index (χ0) is 11.4. The maximum atomic E-state index is 13.2. The molecule has 2 aromatic rings. The summed E-state index contributed by atoms with van der Waals surface area (Å²) in [6.07, 6.45) is 0.701. The van der Waals surface area contributed by atoms with Crippen LogP contribution in [-0.4, -0.2) is 10.2 Å². The van der Waals surface area contributed by atoms with Crippen LogP contribution in [0.3, 0.4) is 0 Å². The fourth-order valence-corrected chi connectivity index (χ4v) is 1.28. The highest BCUT2D eigenvalue weighted by Gasteiger charge is 2.05. The first-order chi connectivity index (χ1) is 7.79. The van der Waals surface area contributed by atoms with Gasteiger partial charge in [0, 0.05) is 6.42 Å². The average Bonchev–Trinajstić information content (AvgIpc) is 2.76. The molecule has 0 saturated heterocycles. The number of para-hydroxylation sites is 1. The largest absolute Gasteiger partial charge is 0.423 e. The Kier molecular flexibility index (Phi) is 3.14. The lowest BCUT2D eigenvalue weighted by Crippen LogP contribution is -2.01. The van der Waals surface area contributed by atoms with Crippen LogP contribution >= 0.6 is 0 Å². The van der Waals surface area contributed by atoms with Gasteiger partial charge in [-0.1, -0.05) is 19.1 Å².